The van der Waals surface area contributed by atoms with Crippen LogP contribution in [0.4, 0.5) is 11.8 Å². The van der Waals surface area contributed by atoms with Gasteiger partial charge in [0.05, 0.1) is 17.7 Å². The molecule has 2 aromatic rings. The second-order valence-corrected chi connectivity index (χ2v) is 6.56. The van der Waals surface area contributed by atoms with E-state index in [0.29, 0.717) is 17.8 Å². The highest BCUT2D eigenvalue weighted by Gasteiger charge is 2.41. The molecule has 0 spiro atoms. The number of pyridine rings is 1. The largest absolute Gasteiger partial charge is 0.396 e. The number of anilines is 2. The predicted octanol–water partition coefficient (Wildman–Crippen LogP) is 0.597. The quantitative estimate of drug-likeness (QED) is 0.496. The molecular weight excluding hydrogens is 346 g/mol. The lowest BCUT2D eigenvalue weighted by Crippen LogP contribution is -2.35. The van der Waals surface area contributed by atoms with Crippen molar-refractivity contribution in [2.24, 2.45) is 5.92 Å². The van der Waals surface area contributed by atoms with E-state index in [9.17, 15) is 15.3 Å². The second-order valence-electron chi connectivity index (χ2n) is 6.20. The van der Waals surface area contributed by atoms with Gasteiger partial charge in [-0.15, -0.1) is 0 Å². The van der Waals surface area contributed by atoms with Gasteiger partial charge in [0.15, 0.2) is 0 Å². The summed E-state index contributed by atoms with van der Waals surface area (Å²) in [4.78, 5) is 12.3. The first-order valence-electron chi connectivity index (χ1n) is 7.90. The molecule has 6 N–H and O–H groups in total. The molecule has 0 aromatic carbocycles. The van der Waals surface area contributed by atoms with E-state index < -0.39 is 24.2 Å². The number of nitrogens with zero attached hydrogens (tertiary/aromatic N) is 3. The van der Waals surface area contributed by atoms with Crippen molar-refractivity contribution in [1.29, 1.82) is 0 Å². The van der Waals surface area contributed by atoms with Crippen LogP contribution >= 0.6 is 11.6 Å². The molecule has 2 aromatic heterocycles. The molecule has 4 atom stereocenters. The molecule has 0 saturated heterocycles. The topological polar surface area (TPSA) is 137 Å². The summed E-state index contributed by atoms with van der Waals surface area (Å²) >= 11 is 6.30. The van der Waals surface area contributed by atoms with E-state index >= 15 is 0 Å². The number of hydrogen-bond donors (Lipinski definition) is 5. The van der Waals surface area contributed by atoms with Crippen molar-refractivity contribution in [1.82, 2.24) is 15.0 Å². The van der Waals surface area contributed by atoms with E-state index in [2.05, 4.69) is 20.3 Å². The average molecular weight is 366 g/mol. The van der Waals surface area contributed by atoms with E-state index in [0.717, 1.165) is 11.1 Å². The maximum absolute atomic E-state index is 10.2. The highest BCUT2D eigenvalue weighted by molar-refractivity contribution is 6.32. The van der Waals surface area contributed by atoms with Crippen LogP contribution in [0.15, 0.2) is 18.5 Å². The van der Waals surface area contributed by atoms with Crippen molar-refractivity contribution in [3.8, 4) is 11.1 Å². The molecule has 3 rings (SSSR count). The van der Waals surface area contributed by atoms with Crippen molar-refractivity contribution < 1.29 is 15.3 Å². The van der Waals surface area contributed by atoms with Gasteiger partial charge in [-0.2, -0.15) is 4.98 Å². The number of nitrogens with one attached hydrogen (secondary N) is 1. The molecule has 0 amide bonds. The Morgan fingerprint density at radius 2 is 2.08 bits per heavy atom. The van der Waals surface area contributed by atoms with Crippen LogP contribution in [0.2, 0.25) is 5.15 Å². The molecular formula is C16H20ClN5O3. The first-order valence-corrected chi connectivity index (χ1v) is 8.27. The zero-order valence-corrected chi connectivity index (χ0v) is 14.4. The molecule has 0 unspecified atom stereocenters. The van der Waals surface area contributed by atoms with Crippen LogP contribution in [-0.2, 0) is 0 Å². The monoisotopic (exact) mass is 365 g/mol. The van der Waals surface area contributed by atoms with E-state index in [1.54, 1.807) is 12.4 Å². The third-order valence-electron chi connectivity index (χ3n) is 4.55. The first kappa shape index (κ1) is 17.8. The maximum Gasteiger partial charge on any atom is 0.223 e. The maximum atomic E-state index is 10.2. The third kappa shape index (κ3) is 3.38. The van der Waals surface area contributed by atoms with Crippen molar-refractivity contribution in [2.45, 2.75) is 31.6 Å². The molecule has 1 aliphatic carbocycles. The van der Waals surface area contributed by atoms with Gasteiger partial charge in [-0.05, 0) is 25.0 Å². The number of halogens is 1. The summed E-state index contributed by atoms with van der Waals surface area (Å²) in [6, 6.07) is 1.33. The van der Waals surface area contributed by atoms with Crippen LogP contribution in [0, 0.1) is 12.8 Å². The standard InChI is InChI=1S/C16H20ClN5O3/c1-7-2-3-19-5-9(7)11-14(17)21-16(18)22-15(11)20-10-4-8(6-23)12(24)13(10)25/h2-3,5,8,10,12-13,23-25H,4,6H2,1H3,(H3,18,20,21,22)/t8-,10-,12-,13+/m1/s1. The summed E-state index contributed by atoms with van der Waals surface area (Å²) in [5, 5.41) is 32.8. The Morgan fingerprint density at radius 3 is 2.72 bits per heavy atom. The lowest BCUT2D eigenvalue weighted by molar-refractivity contribution is 0.00446. The molecule has 2 heterocycles. The number of aryl methyl sites for hydroxylation is 1. The van der Waals surface area contributed by atoms with Gasteiger partial charge in [0.2, 0.25) is 5.95 Å². The van der Waals surface area contributed by atoms with Gasteiger partial charge in [0.1, 0.15) is 17.1 Å². The zero-order chi connectivity index (χ0) is 18.1. The molecule has 0 radical (unpaired) electrons. The molecule has 8 nitrogen and oxygen atoms in total. The Labute approximate surface area is 149 Å². The number of nitrogens with two attached hydrogens (primary N) is 1. The summed E-state index contributed by atoms with van der Waals surface area (Å²) in [6.07, 6.45) is 1.64. The fourth-order valence-electron chi connectivity index (χ4n) is 3.14. The number of aliphatic hydroxyl groups is 3. The molecule has 25 heavy (non-hydrogen) atoms. The summed E-state index contributed by atoms with van der Waals surface area (Å²) in [5.74, 6) is -0.0706. The number of aromatic nitrogens is 3. The zero-order valence-electron chi connectivity index (χ0n) is 13.6. The van der Waals surface area contributed by atoms with Crippen molar-refractivity contribution in [3.05, 3.63) is 29.2 Å². The van der Waals surface area contributed by atoms with E-state index in [-0.39, 0.29) is 17.7 Å². The smallest absolute Gasteiger partial charge is 0.223 e. The minimum Gasteiger partial charge on any atom is -0.396 e. The highest BCUT2D eigenvalue weighted by atomic mass is 35.5. The van der Waals surface area contributed by atoms with E-state index in [4.69, 9.17) is 17.3 Å². The van der Waals surface area contributed by atoms with Gasteiger partial charge >= 0.3 is 0 Å². The highest BCUT2D eigenvalue weighted by Crippen LogP contribution is 2.37. The Balaban J connectivity index is 2.01. The summed E-state index contributed by atoms with van der Waals surface area (Å²) < 4.78 is 0. The second kappa shape index (κ2) is 7.09. The molecule has 0 aliphatic heterocycles. The first-order chi connectivity index (χ1) is 11.9. The molecule has 1 saturated carbocycles. The van der Waals surface area contributed by atoms with Crippen LogP contribution < -0.4 is 11.1 Å². The summed E-state index contributed by atoms with van der Waals surface area (Å²) in [6.45, 7) is 1.70. The number of nitrogen functional groups attached to an aromatic ring is 1. The molecule has 1 aliphatic rings. The van der Waals surface area contributed by atoms with Gasteiger partial charge < -0.3 is 26.4 Å². The Kier molecular flexibility index (Phi) is 5.05. The van der Waals surface area contributed by atoms with Gasteiger partial charge in [0, 0.05) is 30.5 Å². The van der Waals surface area contributed by atoms with Gasteiger partial charge in [0.25, 0.3) is 0 Å². The Bertz CT molecular complexity index is 775. The third-order valence-corrected chi connectivity index (χ3v) is 4.82. The minimum absolute atomic E-state index is 0.00969. The summed E-state index contributed by atoms with van der Waals surface area (Å²) in [5.41, 5.74) is 7.91. The van der Waals surface area contributed by atoms with Crippen LogP contribution in [0.5, 0.6) is 0 Å². The van der Waals surface area contributed by atoms with Crippen molar-refractivity contribution in [3.63, 3.8) is 0 Å². The lowest BCUT2D eigenvalue weighted by atomic mass is 10.0. The number of hydrogen-bond acceptors (Lipinski definition) is 8. The van der Waals surface area contributed by atoms with Crippen LogP contribution in [0.1, 0.15) is 12.0 Å². The normalized spacial score (nSPS) is 26.0. The SMILES string of the molecule is Cc1ccncc1-c1c(Cl)nc(N)nc1N[C@@H]1C[C@H](CO)[C@@H](O)[C@H]1O. The fourth-order valence-corrected chi connectivity index (χ4v) is 3.42. The van der Waals surface area contributed by atoms with Gasteiger partial charge in [-0.25, -0.2) is 4.98 Å². The van der Waals surface area contributed by atoms with Crippen molar-refractivity contribution >= 4 is 23.4 Å². The minimum atomic E-state index is -1.05. The van der Waals surface area contributed by atoms with Gasteiger partial charge in [-0.1, -0.05) is 11.6 Å². The fraction of sp³-hybridized carbons (Fsp3) is 0.438. The lowest BCUT2D eigenvalue weighted by Gasteiger charge is -2.21. The number of aliphatic hydroxyl groups excluding tert-OH is 3. The molecule has 9 heteroatoms. The predicted molar refractivity (Wildman–Crippen MR) is 94.0 cm³/mol. The van der Waals surface area contributed by atoms with Crippen LogP contribution in [0.25, 0.3) is 11.1 Å². The van der Waals surface area contributed by atoms with E-state index in [1.165, 1.54) is 0 Å². The molecule has 134 valence electrons. The average Bonchev–Trinajstić information content (AvgIpc) is 2.83. The van der Waals surface area contributed by atoms with E-state index in [1.807, 2.05) is 13.0 Å². The Morgan fingerprint density at radius 1 is 1.32 bits per heavy atom. The van der Waals surface area contributed by atoms with Gasteiger partial charge in [-0.3, -0.25) is 4.98 Å². The summed E-state index contributed by atoms with van der Waals surface area (Å²) in [7, 11) is 0. The molecule has 0 bridgehead atoms. The number of rotatable bonds is 4. The van der Waals surface area contributed by atoms with Crippen molar-refractivity contribution in [2.75, 3.05) is 17.7 Å². The van der Waals surface area contributed by atoms with Crippen LogP contribution in [0.3, 0.4) is 0 Å². The molecule has 1 fully saturated rings. The van der Waals surface area contributed by atoms with Crippen LogP contribution in [-0.4, -0.2) is 55.1 Å². The Hall–Kier alpha value is -2.00.